The van der Waals surface area contributed by atoms with Crippen LogP contribution in [0.5, 0.6) is 5.75 Å². The molecule has 5 aliphatic rings. The Balaban J connectivity index is 1.14. The maximum atomic E-state index is 12.9. The van der Waals surface area contributed by atoms with E-state index in [2.05, 4.69) is 17.3 Å². The van der Waals surface area contributed by atoms with E-state index < -0.39 is 4.92 Å². The summed E-state index contributed by atoms with van der Waals surface area (Å²) in [6, 6.07) is 9.38. The SMILES string of the molecule is O=C1[C@@H]2[C@H]3C=C[C@@H]([C@@H]4C[C@@H]34)[C@@H]2C(=O)N1/N=C\c1ccc(COc2ccccc2[N+](=O)[O-])o1. The standard InChI is InChI=1S/C23H19N3O6/c27-22-20-14-7-8-15(17-9-16(14)17)21(20)23(28)25(22)24-10-12-5-6-13(32-12)11-31-19-4-2-1-3-18(19)26(29)30/h1-8,10,14-17,20-21H,9,11H2/b24-10-/t14-,15-,16-,17-,20-,21+/m0/s1. The molecule has 2 aromatic rings. The summed E-state index contributed by atoms with van der Waals surface area (Å²) in [6.45, 7) is -0.0117. The van der Waals surface area contributed by atoms with Gasteiger partial charge in [-0.1, -0.05) is 24.3 Å². The van der Waals surface area contributed by atoms with Gasteiger partial charge in [0.05, 0.1) is 23.0 Å². The van der Waals surface area contributed by atoms with Gasteiger partial charge in [-0.2, -0.15) is 10.1 Å². The molecule has 1 aliphatic heterocycles. The molecule has 0 N–H and O–H groups in total. The van der Waals surface area contributed by atoms with Gasteiger partial charge in [0.2, 0.25) is 0 Å². The topological polar surface area (TPSA) is 115 Å². The maximum absolute atomic E-state index is 12.9. The Morgan fingerprint density at radius 2 is 1.78 bits per heavy atom. The highest BCUT2D eigenvalue weighted by Gasteiger charge is 2.67. The predicted molar refractivity (Wildman–Crippen MR) is 110 cm³/mol. The quantitative estimate of drug-likeness (QED) is 0.227. The van der Waals surface area contributed by atoms with Crippen molar-refractivity contribution >= 4 is 23.7 Å². The number of para-hydroxylation sites is 2. The summed E-state index contributed by atoms with van der Waals surface area (Å²) < 4.78 is 11.1. The number of carbonyl (C=O) groups excluding carboxylic acids is 2. The molecule has 2 amide bonds. The number of furan rings is 1. The largest absolute Gasteiger partial charge is 0.479 e. The van der Waals surface area contributed by atoms with Gasteiger partial charge >= 0.3 is 5.69 Å². The third-order valence-corrected chi connectivity index (χ3v) is 7.05. The lowest BCUT2D eigenvalue weighted by molar-refractivity contribution is -0.386. The second-order valence-electron chi connectivity index (χ2n) is 8.71. The van der Waals surface area contributed by atoms with Crippen LogP contribution in [0.1, 0.15) is 17.9 Å². The van der Waals surface area contributed by atoms with Crippen LogP contribution in [0.4, 0.5) is 5.69 Å². The summed E-state index contributed by atoms with van der Waals surface area (Å²) in [5, 5.41) is 16.2. The number of nitro benzene ring substituents is 1. The Bertz CT molecular complexity index is 1160. The number of ether oxygens (including phenoxy) is 1. The fraction of sp³-hybridized carbons (Fsp3) is 0.348. The number of nitro groups is 1. The van der Waals surface area contributed by atoms with E-state index in [4.69, 9.17) is 9.15 Å². The number of nitrogens with zero attached hydrogens (tertiary/aromatic N) is 3. The Kier molecular flexibility index (Phi) is 4.08. The first-order valence-corrected chi connectivity index (χ1v) is 10.6. The first-order chi connectivity index (χ1) is 15.5. The molecule has 2 bridgehead atoms. The van der Waals surface area contributed by atoms with Crippen molar-refractivity contribution in [2.45, 2.75) is 13.0 Å². The summed E-state index contributed by atoms with van der Waals surface area (Å²) in [7, 11) is 0. The predicted octanol–water partition coefficient (Wildman–Crippen LogP) is 3.15. The van der Waals surface area contributed by atoms with Gasteiger partial charge in [0.15, 0.2) is 5.75 Å². The maximum Gasteiger partial charge on any atom is 0.310 e. The van der Waals surface area contributed by atoms with Crippen molar-refractivity contribution < 1.29 is 23.7 Å². The van der Waals surface area contributed by atoms with Crippen LogP contribution in [0, 0.1) is 45.6 Å². The van der Waals surface area contributed by atoms with Crippen molar-refractivity contribution in [2.75, 3.05) is 0 Å². The van der Waals surface area contributed by atoms with E-state index in [1.807, 2.05) is 0 Å². The summed E-state index contributed by atoms with van der Waals surface area (Å²) in [5.74, 6) is 1.27. The Morgan fingerprint density at radius 1 is 1.09 bits per heavy atom. The van der Waals surface area contributed by atoms with Gasteiger partial charge in [-0.05, 0) is 48.3 Å². The Labute approximate surface area is 182 Å². The van der Waals surface area contributed by atoms with Gasteiger partial charge in [0, 0.05) is 6.07 Å². The number of rotatable bonds is 6. The number of amides is 2. The van der Waals surface area contributed by atoms with Gasteiger partial charge in [-0.3, -0.25) is 19.7 Å². The molecule has 2 heterocycles. The third kappa shape index (κ3) is 2.80. The van der Waals surface area contributed by atoms with Crippen molar-refractivity contribution in [1.29, 1.82) is 0 Å². The molecule has 1 aromatic heterocycles. The zero-order valence-electron chi connectivity index (χ0n) is 16.9. The van der Waals surface area contributed by atoms with E-state index in [1.54, 1.807) is 24.3 Å². The van der Waals surface area contributed by atoms with Gasteiger partial charge in [-0.25, -0.2) is 0 Å². The van der Waals surface area contributed by atoms with Crippen LogP contribution in [0.15, 0.2) is 58.1 Å². The normalized spacial score (nSPS) is 31.8. The number of hydrogen-bond acceptors (Lipinski definition) is 7. The monoisotopic (exact) mass is 433 g/mol. The minimum atomic E-state index is -0.511. The van der Waals surface area contributed by atoms with E-state index in [0.29, 0.717) is 23.4 Å². The lowest BCUT2D eigenvalue weighted by Crippen LogP contribution is -2.40. The van der Waals surface area contributed by atoms with Crippen LogP contribution in [0.3, 0.4) is 0 Å². The van der Waals surface area contributed by atoms with Crippen LogP contribution in [-0.4, -0.2) is 28.0 Å². The van der Waals surface area contributed by atoms with Gasteiger partial charge in [0.25, 0.3) is 11.8 Å². The second-order valence-corrected chi connectivity index (χ2v) is 8.71. The molecule has 2 saturated carbocycles. The zero-order valence-corrected chi connectivity index (χ0v) is 16.9. The lowest BCUT2D eigenvalue weighted by Gasteiger charge is -2.37. The molecule has 4 aliphatic carbocycles. The highest BCUT2D eigenvalue weighted by molar-refractivity contribution is 6.06. The number of hydrogen-bond donors (Lipinski definition) is 0. The first kappa shape index (κ1) is 19.0. The molecule has 32 heavy (non-hydrogen) atoms. The van der Waals surface area contributed by atoms with Crippen LogP contribution >= 0.6 is 0 Å². The van der Waals surface area contributed by atoms with Crippen LogP contribution in [0.2, 0.25) is 0 Å². The second kappa shape index (κ2) is 6.88. The van der Waals surface area contributed by atoms with Crippen molar-refractivity contribution in [3.05, 3.63) is 70.2 Å². The van der Waals surface area contributed by atoms with Gasteiger partial charge in [-0.15, -0.1) is 0 Å². The summed E-state index contributed by atoms with van der Waals surface area (Å²) >= 11 is 0. The van der Waals surface area contributed by atoms with Crippen molar-refractivity contribution in [3.8, 4) is 5.75 Å². The van der Waals surface area contributed by atoms with E-state index in [9.17, 15) is 19.7 Å². The molecular formula is C23H19N3O6. The average molecular weight is 433 g/mol. The van der Waals surface area contributed by atoms with Gasteiger partial charge in [0.1, 0.15) is 18.1 Å². The lowest BCUT2D eigenvalue weighted by atomic mass is 9.63. The Morgan fingerprint density at radius 3 is 2.47 bits per heavy atom. The average Bonchev–Trinajstić information content (AvgIpc) is 3.45. The number of hydrazone groups is 1. The van der Waals surface area contributed by atoms with Crippen molar-refractivity contribution in [2.24, 2.45) is 40.6 Å². The van der Waals surface area contributed by atoms with E-state index in [1.165, 1.54) is 18.3 Å². The molecule has 162 valence electrons. The molecule has 0 spiro atoms. The van der Waals surface area contributed by atoms with Crippen LogP contribution in [0.25, 0.3) is 0 Å². The summed E-state index contributed by atoms with van der Waals surface area (Å²) in [5.41, 5.74) is -0.130. The molecular weight excluding hydrogens is 414 g/mol. The summed E-state index contributed by atoms with van der Waals surface area (Å²) in [4.78, 5) is 36.4. The van der Waals surface area contributed by atoms with Crippen LogP contribution < -0.4 is 4.74 Å². The number of imide groups is 1. The highest BCUT2D eigenvalue weighted by atomic mass is 16.6. The zero-order chi connectivity index (χ0) is 22.0. The van der Waals surface area contributed by atoms with Gasteiger partial charge < -0.3 is 9.15 Å². The molecule has 3 fully saturated rings. The molecule has 1 saturated heterocycles. The molecule has 7 rings (SSSR count). The molecule has 6 atom stereocenters. The van der Waals surface area contributed by atoms with Crippen LogP contribution in [-0.2, 0) is 16.2 Å². The van der Waals surface area contributed by atoms with Crippen molar-refractivity contribution in [3.63, 3.8) is 0 Å². The first-order valence-electron chi connectivity index (χ1n) is 10.6. The molecule has 9 heteroatoms. The summed E-state index contributed by atoms with van der Waals surface area (Å²) in [6.07, 6.45) is 6.70. The fourth-order valence-corrected chi connectivity index (χ4v) is 5.59. The molecule has 0 radical (unpaired) electrons. The minimum Gasteiger partial charge on any atom is -0.479 e. The molecule has 0 unspecified atom stereocenters. The molecule has 1 aromatic carbocycles. The van der Waals surface area contributed by atoms with E-state index in [0.717, 1.165) is 11.4 Å². The molecule has 9 nitrogen and oxygen atoms in total. The number of allylic oxidation sites excluding steroid dienone is 2. The number of benzene rings is 1. The van der Waals surface area contributed by atoms with Crippen molar-refractivity contribution in [1.82, 2.24) is 5.01 Å². The third-order valence-electron chi connectivity index (χ3n) is 7.05. The fourth-order valence-electron chi connectivity index (χ4n) is 5.59. The van der Waals surface area contributed by atoms with E-state index >= 15 is 0 Å². The van der Waals surface area contributed by atoms with E-state index in [-0.39, 0.29) is 53.5 Å². The minimum absolute atomic E-state index is 0.0117. The highest BCUT2D eigenvalue weighted by Crippen LogP contribution is 2.65. The number of carbonyl (C=O) groups is 2. The smallest absolute Gasteiger partial charge is 0.310 e. The Hall–Kier alpha value is -3.75.